The number of nitrogens with one attached hydrogen (secondary N) is 3. The van der Waals surface area contributed by atoms with Crippen molar-refractivity contribution in [1.29, 1.82) is 0 Å². The van der Waals surface area contributed by atoms with Crippen LogP contribution in [-0.4, -0.2) is 56.2 Å². The van der Waals surface area contributed by atoms with Crippen LogP contribution in [0.1, 0.15) is 25.3 Å². The molecule has 1 unspecified atom stereocenters. The summed E-state index contributed by atoms with van der Waals surface area (Å²) < 4.78 is 27.4. The molecule has 2 heterocycles. The number of hydrogen-bond donors (Lipinski definition) is 3. The molecule has 0 radical (unpaired) electrons. The molecule has 1 aliphatic rings. The van der Waals surface area contributed by atoms with Gasteiger partial charge in [-0.15, -0.1) is 0 Å². The lowest BCUT2D eigenvalue weighted by Crippen LogP contribution is -2.41. The van der Waals surface area contributed by atoms with E-state index >= 15 is 0 Å². The fourth-order valence-electron chi connectivity index (χ4n) is 2.56. The van der Waals surface area contributed by atoms with E-state index in [0.29, 0.717) is 12.1 Å². The van der Waals surface area contributed by atoms with Gasteiger partial charge in [-0.3, -0.25) is 5.10 Å². The molecule has 8 heteroatoms. The molecule has 114 valence electrons. The average Bonchev–Trinajstić information content (AvgIpc) is 2.99. The lowest BCUT2D eigenvalue weighted by Gasteiger charge is -2.21. The van der Waals surface area contributed by atoms with Gasteiger partial charge in [0, 0.05) is 24.7 Å². The Morgan fingerprint density at radius 2 is 2.15 bits per heavy atom. The number of aromatic nitrogens is 2. The Morgan fingerprint density at radius 1 is 1.45 bits per heavy atom. The third kappa shape index (κ3) is 3.78. The summed E-state index contributed by atoms with van der Waals surface area (Å²) >= 11 is 0. The summed E-state index contributed by atoms with van der Waals surface area (Å²) in [5.41, 5.74) is 0.647. The molecule has 20 heavy (non-hydrogen) atoms. The zero-order chi connectivity index (χ0) is 14.6. The predicted octanol–water partition coefficient (Wildman–Crippen LogP) is -0.108. The molecule has 0 saturated carbocycles. The summed E-state index contributed by atoms with van der Waals surface area (Å²) in [5, 5.41) is 9.49. The summed E-state index contributed by atoms with van der Waals surface area (Å²) in [4.78, 5) is 2.29. The van der Waals surface area contributed by atoms with Crippen LogP contribution in [0.15, 0.2) is 11.2 Å². The fourth-order valence-corrected chi connectivity index (χ4v) is 3.93. The second-order valence-corrected chi connectivity index (χ2v) is 6.94. The van der Waals surface area contributed by atoms with Crippen LogP contribution < -0.4 is 10.0 Å². The maximum absolute atomic E-state index is 12.3. The Balaban J connectivity index is 2.00. The van der Waals surface area contributed by atoms with Crippen molar-refractivity contribution in [2.45, 2.75) is 37.4 Å². The first kappa shape index (κ1) is 15.4. The van der Waals surface area contributed by atoms with E-state index in [9.17, 15) is 8.42 Å². The third-order valence-electron chi connectivity index (χ3n) is 3.40. The van der Waals surface area contributed by atoms with Crippen LogP contribution in [0.25, 0.3) is 0 Å². The Kier molecular flexibility index (Phi) is 5.14. The van der Waals surface area contributed by atoms with Gasteiger partial charge in [-0.2, -0.15) is 5.10 Å². The van der Waals surface area contributed by atoms with Crippen molar-refractivity contribution in [2.24, 2.45) is 0 Å². The van der Waals surface area contributed by atoms with E-state index in [1.807, 2.05) is 6.92 Å². The number of hydrogen-bond acceptors (Lipinski definition) is 5. The molecule has 2 rings (SSSR count). The molecule has 1 atom stereocenters. The molecule has 0 amide bonds. The SMILES string of the molecule is CNCc1cn[nH]c1S(=O)(=O)NC(C)CN1CCCC1. The summed E-state index contributed by atoms with van der Waals surface area (Å²) in [7, 11) is -1.77. The van der Waals surface area contributed by atoms with E-state index in [0.717, 1.165) is 19.6 Å². The third-order valence-corrected chi connectivity index (χ3v) is 5.00. The van der Waals surface area contributed by atoms with Crippen LogP contribution in [0, 0.1) is 0 Å². The van der Waals surface area contributed by atoms with Crippen LogP contribution in [0.3, 0.4) is 0 Å². The number of nitrogens with zero attached hydrogens (tertiary/aromatic N) is 2. The highest BCUT2D eigenvalue weighted by Crippen LogP contribution is 2.13. The Hall–Kier alpha value is -0.960. The van der Waals surface area contributed by atoms with Gasteiger partial charge in [-0.25, -0.2) is 13.1 Å². The summed E-state index contributed by atoms with van der Waals surface area (Å²) in [5.74, 6) is 0. The highest BCUT2D eigenvalue weighted by molar-refractivity contribution is 7.89. The van der Waals surface area contributed by atoms with Crippen molar-refractivity contribution < 1.29 is 8.42 Å². The van der Waals surface area contributed by atoms with Gasteiger partial charge in [0.2, 0.25) is 0 Å². The van der Waals surface area contributed by atoms with E-state index in [2.05, 4.69) is 25.1 Å². The zero-order valence-corrected chi connectivity index (χ0v) is 12.8. The number of likely N-dealkylation sites (tertiary alicyclic amines) is 1. The van der Waals surface area contributed by atoms with Crippen LogP contribution in [0.2, 0.25) is 0 Å². The van der Waals surface area contributed by atoms with E-state index in [-0.39, 0.29) is 11.1 Å². The van der Waals surface area contributed by atoms with Crippen molar-refractivity contribution in [3.8, 4) is 0 Å². The number of H-pyrrole nitrogens is 1. The lowest BCUT2D eigenvalue weighted by molar-refractivity contribution is 0.312. The van der Waals surface area contributed by atoms with Crippen molar-refractivity contribution in [3.05, 3.63) is 11.8 Å². The van der Waals surface area contributed by atoms with Crippen molar-refractivity contribution in [3.63, 3.8) is 0 Å². The van der Waals surface area contributed by atoms with Gasteiger partial charge in [0.15, 0.2) is 5.03 Å². The van der Waals surface area contributed by atoms with E-state index in [4.69, 9.17) is 0 Å². The van der Waals surface area contributed by atoms with Gasteiger partial charge in [0.05, 0.1) is 6.20 Å². The monoisotopic (exact) mass is 301 g/mol. The highest BCUT2D eigenvalue weighted by atomic mass is 32.2. The molecule has 1 aromatic heterocycles. The first-order chi connectivity index (χ1) is 9.53. The first-order valence-electron chi connectivity index (χ1n) is 6.94. The lowest BCUT2D eigenvalue weighted by atomic mass is 10.3. The number of rotatable bonds is 7. The molecule has 1 fully saturated rings. The molecule has 3 N–H and O–H groups in total. The van der Waals surface area contributed by atoms with Gasteiger partial charge < -0.3 is 10.2 Å². The van der Waals surface area contributed by atoms with Gasteiger partial charge in [0.1, 0.15) is 0 Å². The quantitative estimate of drug-likeness (QED) is 0.654. The van der Waals surface area contributed by atoms with Crippen LogP contribution in [0.4, 0.5) is 0 Å². The second kappa shape index (κ2) is 6.66. The molecule has 0 bridgehead atoms. The molecule has 1 aromatic rings. The second-order valence-electron chi connectivity index (χ2n) is 5.28. The van der Waals surface area contributed by atoms with E-state index in [1.54, 1.807) is 7.05 Å². The molecule has 0 spiro atoms. The normalized spacial score (nSPS) is 18.5. The molecule has 0 aliphatic carbocycles. The Labute approximate surface area is 120 Å². The van der Waals surface area contributed by atoms with Crippen molar-refractivity contribution in [1.82, 2.24) is 25.1 Å². The average molecular weight is 301 g/mol. The topological polar surface area (TPSA) is 90.1 Å². The Bertz CT molecular complexity index is 522. The number of sulfonamides is 1. The van der Waals surface area contributed by atoms with Crippen molar-refractivity contribution in [2.75, 3.05) is 26.7 Å². The van der Waals surface area contributed by atoms with Crippen LogP contribution >= 0.6 is 0 Å². The molecule has 1 saturated heterocycles. The maximum atomic E-state index is 12.3. The molecular formula is C12H23N5O2S. The van der Waals surface area contributed by atoms with Gasteiger partial charge in [-0.05, 0) is 39.9 Å². The fraction of sp³-hybridized carbons (Fsp3) is 0.750. The van der Waals surface area contributed by atoms with Crippen LogP contribution in [0.5, 0.6) is 0 Å². The van der Waals surface area contributed by atoms with Gasteiger partial charge in [0.25, 0.3) is 10.0 Å². The van der Waals surface area contributed by atoms with E-state index < -0.39 is 10.0 Å². The van der Waals surface area contributed by atoms with E-state index in [1.165, 1.54) is 19.0 Å². The minimum atomic E-state index is -3.55. The molecule has 1 aliphatic heterocycles. The molecular weight excluding hydrogens is 278 g/mol. The summed E-state index contributed by atoms with van der Waals surface area (Å²) in [6.07, 6.45) is 3.94. The smallest absolute Gasteiger partial charge is 0.258 e. The zero-order valence-electron chi connectivity index (χ0n) is 12.0. The van der Waals surface area contributed by atoms with Crippen LogP contribution in [-0.2, 0) is 16.6 Å². The number of aromatic amines is 1. The Morgan fingerprint density at radius 3 is 2.80 bits per heavy atom. The largest absolute Gasteiger partial charge is 0.316 e. The standard InChI is InChI=1S/C12H23N5O2S/c1-10(9-17-5-3-4-6-17)16-20(18,19)12-11(7-13-2)8-14-15-12/h8,10,13,16H,3-7,9H2,1-2H3,(H,14,15). The first-order valence-corrected chi connectivity index (χ1v) is 8.43. The summed E-state index contributed by atoms with van der Waals surface area (Å²) in [6, 6.07) is -0.121. The predicted molar refractivity (Wildman–Crippen MR) is 76.8 cm³/mol. The molecule has 7 nitrogen and oxygen atoms in total. The highest BCUT2D eigenvalue weighted by Gasteiger charge is 2.24. The minimum Gasteiger partial charge on any atom is -0.316 e. The van der Waals surface area contributed by atoms with Gasteiger partial charge in [-0.1, -0.05) is 0 Å². The summed E-state index contributed by atoms with van der Waals surface area (Å²) in [6.45, 7) is 5.22. The molecule has 0 aromatic carbocycles. The minimum absolute atomic E-state index is 0.121. The van der Waals surface area contributed by atoms with Gasteiger partial charge >= 0.3 is 0 Å². The van der Waals surface area contributed by atoms with Crippen molar-refractivity contribution >= 4 is 10.0 Å². The maximum Gasteiger partial charge on any atom is 0.258 e.